The maximum absolute atomic E-state index is 12.8. The molecule has 1 heterocycles. The van der Waals surface area contributed by atoms with Crippen LogP contribution in [0, 0.1) is 5.41 Å². The van der Waals surface area contributed by atoms with Crippen LogP contribution in [-0.4, -0.2) is 54.1 Å². The van der Waals surface area contributed by atoms with Crippen molar-refractivity contribution in [1.82, 2.24) is 15.5 Å². The van der Waals surface area contributed by atoms with Gasteiger partial charge in [0.05, 0.1) is 0 Å². The molecule has 0 bridgehead atoms. The second kappa shape index (κ2) is 6.78. The average Bonchev–Trinajstić information content (AvgIpc) is 2.54. The molecule has 7 nitrogen and oxygen atoms in total. The topological polar surface area (TPSA) is 90.9 Å². The minimum Gasteiger partial charge on any atom is -0.465 e. The normalized spacial score (nSPS) is 24.5. The van der Waals surface area contributed by atoms with Gasteiger partial charge < -0.3 is 15.2 Å². The van der Waals surface area contributed by atoms with Crippen molar-refractivity contribution >= 4 is 12.0 Å². The third-order valence-electron chi connectivity index (χ3n) is 4.42. The van der Waals surface area contributed by atoms with Gasteiger partial charge >= 0.3 is 6.09 Å². The number of methoxy groups -OCH3 is 1. The molecule has 24 heavy (non-hydrogen) atoms. The summed E-state index contributed by atoms with van der Waals surface area (Å²) >= 11 is 0. The second-order valence-corrected chi connectivity index (χ2v) is 6.84. The zero-order valence-corrected chi connectivity index (χ0v) is 14.5. The summed E-state index contributed by atoms with van der Waals surface area (Å²) in [4.78, 5) is 25.9. The lowest BCUT2D eigenvalue weighted by atomic mass is 9.76. The van der Waals surface area contributed by atoms with Gasteiger partial charge in [-0.15, -0.1) is 0 Å². The molecular weight excluding hydrogens is 310 g/mol. The van der Waals surface area contributed by atoms with Crippen LogP contribution in [0.25, 0.3) is 0 Å². The van der Waals surface area contributed by atoms with Crippen molar-refractivity contribution in [2.75, 3.05) is 20.2 Å². The van der Waals surface area contributed by atoms with Crippen LogP contribution in [0.2, 0.25) is 0 Å². The average molecular weight is 335 g/mol. The fourth-order valence-electron chi connectivity index (χ4n) is 3.23. The fraction of sp³-hybridized carbons (Fsp3) is 0.529. The van der Waals surface area contributed by atoms with Crippen LogP contribution >= 0.6 is 0 Å². The Morgan fingerprint density at radius 1 is 1.33 bits per heavy atom. The molecular formula is C17H25N3O4. The highest BCUT2D eigenvalue weighted by Crippen LogP contribution is 2.38. The predicted molar refractivity (Wildman–Crippen MR) is 89.6 cm³/mol. The molecule has 1 aromatic carbocycles. The van der Waals surface area contributed by atoms with E-state index in [1.165, 1.54) is 12.0 Å². The Kier molecular flexibility index (Phi) is 5.15. The maximum Gasteiger partial charge on any atom is 0.409 e. The molecule has 7 heteroatoms. The minimum atomic E-state index is -1.25. The molecule has 132 valence electrons. The van der Waals surface area contributed by atoms with E-state index in [2.05, 4.69) is 10.6 Å². The minimum absolute atomic E-state index is 0.252. The van der Waals surface area contributed by atoms with E-state index < -0.39 is 23.4 Å². The zero-order valence-electron chi connectivity index (χ0n) is 14.5. The molecule has 1 aliphatic rings. The van der Waals surface area contributed by atoms with Gasteiger partial charge in [0.15, 0.2) is 11.9 Å². The molecule has 2 amide bonds. The molecule has 0 aromatic heterocycles. The van der Waals surface area contributed by atoms with Crippen molar-refractivity contribution in [2.24, 2.45) is 5.41 Å². The van der Waals surface area contributed by atoms with Gasteiger partial charge in [-0.05, 0) is 12.1 Å². The first kappa shape index (κ1) is 18.2. The van der Waals surface area contributed by atoms with Gasteiger partial charge in [0.2, 0.25) is 0 Å². The molecule has 1 fully saturated rings. The van der Waals surface area contributed by atoms with Crippen molar-refractivity contribution in [3.05, 3.63) is 35.9 Å². The molecule has 1 aromatic rings. The van der Waals surface area contributed by atoms with E-state index in [0.717, 1.165) is 0 Å². The summed E-state index contributed by atoms with van der Waals surface area (Å²) < 4.78 is 5.52. The molecule has 0 saturated carbocycles. The van der Waals surface area contributed by atoms with E-state index in [1.54, 1.807) is 24.3 Å². The van der Waals surface area contributed by atoms with Gasteiger partial charge in [-0.3, -0.25) is 15.0 Å². The van der Waals surface area contributed by atoms with E-state index in [1.807, 2.05) is 26.8 Å². The van der Waals surface area contributed by atoms with Crippen LogP contribution in [0.4, 0.5) is 4.79 Å². The Hall–Kier alpha value is -2.12. The zero-order chi connectivity index (χ0) is 18.0. The molecule has 1 saturated heterocycles. The first-order valence-electron chi connectivity index (χ1n) is 7.88. The number of piperazine rings is 1. The number of ether oxygens (including phenoxy) is 1. The Morgan fingerprint density at radius 2 is 1.96 bits per heavy atom. The summed E-state index contributed by atoms with van der Waals surface area (Å²) in [5, 5.41) is 15.8. The summed E-state index contributed by atoms with van der Waals surface area (Å²) in [6, 6.07) is 8.73. The Bertz CT molecular complexity index is 600. The number of nitrogens with zero attached hydrogens (tertiary/aromatic N) is 1. The Labute approximate surface area is 142 Å². The summed E-state index contributed by atoms with van der Waals surface area (Å²) in [5.41, 5.74) is -1.41. The van der Waals surface area contributed by atoms with Crippen LogP contribution in [0.5, 0.6) is 0 Å². The third kappa shape index (κ3) is 3.09. The highest BCUT2D eigenvalue weighted by Gasteiger charge is 2.57. The van der Waals surface area contributed by atoms with E-state index >= 15 is 0 Å². The lowest BCUT2D eigenvalue weighted by Crippen LogP contribution is -2.80. The number of hydrogen-bond acceptors (Lipinski definition) is 4. The SMILES string of the molecule is COC1NCCN(C(=O)O)C1(NC(=O)c1ccccc1)C(C)(C)C. The van der Waals surface area contributed by atoms with Crippen LogP contribution in [0.1, 0.15) is 31.1 Å². The smallest absolute Gasteiger partial charge is 0.409 e. The highest BCUT2D eigenvalue weighted by molar-refractivity contribution is 5.95. The number of rotatable bonds is 3. The first-order valence-corrected chi connectivity index (χ1v) is 7.88. The summed E-state index contributed by atoms with van der Waals surface area (Å²) in [7, 11) is 1.50. The summed E-state index contributed by atoms with van der Waals surface area (Å²) in [6.07, 6.45) is -1.77. The highest BCUT2D eigenvalue weighted by atomic mass is 16.5. The number of hydrogen-bond donors (Lipinski definition) is 3. The van der Waals surface area contributed by atoms with Crippen molar-refractivity contribution in [3.8, 4) is 0 Å². The number of carbonyl (C=O) groups is 2. The molecule has 2 unspecified atom stereocenters. The van der Waals surface area contributed by atoms with Crippen LogP contribution in [0.3, 0.4) is 0 Å². The van der Waals surface area contributed by atoms with Crippen molar-refractivity contribution in [1.29, 1.82) is 0 Å². The van der Waals surface area contributed by atoms with Gasteiger partial charge in [-0.2, -0.15) is 0 Å². The molecule has 3 N–H and O–H groups in total. The number of nitrogens with one attached hydrogen (secondary N) is 2. The van der Waals surface area contributed by atoms with Gasteiger partial charge in [0, 0.05) is 31.2 Å². The second-order valence-electron chi connectivity index (χ2n) is 6.84. The molecule has 1 aliphatic heterocycles. The summed E-state index contributed by atoms with van der Waals surface area (Å²) in [6.45, 7) is 6.35. The van der Waals surface area contributed by atoms with Crippen LogP contribution in [0.15, 0.2) is 30.3 Å². The Balaban J connectivity index is 2.50. The van der Waals surface area contributed by atoms with Crippen LogP contribution < -0.4 is 10.6 Å². The number of amides is 2. The molecule has 2 rings (SSSR count). The Morgan fingerprint density at radius 3 is 2.46 bits per heavy atom. The predicted octanol–water partition coefficient (Wildman–Crippen LogP) is 1.71. The van der Waals surface area contributed by atoms with Gasteiger partial charge in [-0.25, -0.2) is 4.79 Å². The lowest BCUT2D eigenvalue weighted by Gasteiger charge is -2.56. The fourth-order valence-corrected chi connectivity index (χ4v) is 3.23. The monoisotopic (exact) mass is 335 g/mol. The quantitative estimate of drug-likeness (QED) is 0.782. The maximum atomic E-state index is 12.8. The number of benzene rings is 1. The van der Waals surface area contributed by atoms with E-state index in [9.17, 15) is 14.7 Å². The van der Waals surface area contributed by atoms with Crippen molar-refractivity contribution in [2.45, 2.75) is 32.7 Å². The molecule has 0 radical (unpaired) electrons. The van der Waals surface area contributed by atoms with E-state index in [0.29, 0.717) is 12.1 Å². The van der Waals surface area contributed by atoms with Crippen molar-refractivity contribution < 1.29 is 19.4 Å². The lowest BCUT2D eigenvalue weighted by molar-refractivity contribution is -0.145. The van der Waals surface area contributed by atoms with Crippen LogP contribution in [-0.2, 0) is 4.74 Å². The van der Waals surface area contributed by atoms with Gasteiger partial charge in [0.25, 0.3) is 5.91 Å². The molecule has 0 aliphatic carbocycles. The molecule has 0 spiro atoms. The summed E-state index contributed by atoms with van der Waals surface area (Å²) in [5.74, 6) is -0.345. The largest absolute Gasteiger partial charge is 0.465 e. The molecule has 2 atom stereocenters. The number of carbonyl (C=O) groups excluding carboxylic acids is 1. The van der Waals surface area contributed by atoms with Gasteiger partial charge in [0.1, 0.15) is 0 Å². The van der Waals surface area contributed by atoms with Crippen molar-refractivity contribution in [3.63, 3.8) is 0 Å². The standard InChI is InChI=1S/C17H25N3O4/c1-16(2,3)17(19-13(21)12-8-6-5-7-9-12)14(24-4)18-10-11-20(17)15(22)23/h5-9,14,18H,10-11H2,1-4H3,(H,19,21)(H,22,23). The first-order chi connectivity index (χ1) is 11.2. The van der Waals surface area contributed by atoms with E-state index in [-0.39, 0.29) is 12.5 Å². The third-order valence-corrected chi connectivity index (χ3v) is 4.42. The van der Waals surface area contributed by atoms with E-state index in [4.69, 9.17) is 4.74 Å². The van der Waals surface area contributed by atoms with Gasteiger partial charge in [-0.1, -0.05) is 39.0 Å². The number of carboxylic acid groups (broad SMARTS) is 1.